The number of carbonyl (C=O) groups is 2. The van der Waals surface area contributed by atoms with E-state index < -0.39 is 60.3 Å². The Labute approximate surface area is 338 Å². The van der Waals surface area contributed by atoms with Crippen LogP contribution in [0.2, 0.25) is 0 Å². The number of amides is 2. The zero-order chi connectivity index (χ0) is 41.9. The molecule has 3 unspecified atom stereocenters. The van der Waals surface area contributed by atoms with Gasteiger partial charge in [0.15, 0.2) is 0 Å². The first-order chi connectivity index (χ1) is 26.7. The van der Waals surface area contributed by atoms with Crippen LogP contribution in [-0.4, -0.2) is 97.2 Å². The monoisotopic (exact) mass is 894 g/mol. The van der Waals surface area contributed by atoms with Gasteiger partial charge in [-0.15, -0.1) is 0 Å². The van der Waals surface area contributed by atoms with Crippen LogP contribution in [0.25, 0.3) is 0 Å². The summed E-state index contributed by atoms with van der Waals surface area (Å²) in [5, 5.41) is 24.1. The third-order valence-electron chi connectivity index (χ3n) is 8.36. The Morgan fingerprint density at radius 1 is 0.877 bits per heavy atom. The number of hydrogen-bond acceptors (Lipinski definition) is 14. The highest BCUT2D eigenvalue weighted by atomic mass is 33.1. The summed E-state index contributed by atoms with van der Waals surface area (Å²) in [6.07, 6.45) is -0.301. The van der Waals surface area contributed by atoms with Crippen LogP contribution in [0.4, 0.5) is 0 Å². The first-order valence-electron chi connectivity index (χ1n) is 17.5. The highest BCUT2D eigenvalue weighted by molar-refractivity contribution is 8.77. The fourth-order valence-corrected chi connectivity index (χ4v) is 10.9. The molecular formula is C33H46BN2O16P3S2. The molecule has 57 heavy (non-hydrogen) atoms. The van der Waals surface area contributed by atoms with E-state index in [1.165, 1.54) is 45.9 Å². The fraction of sp³-hybridized carbons (Fsp3) is 0.455. The lowest BCUT2D eigenvalue weighted by Gasteiger charge is -2.24. The van der Waals surface area contributed by atoms with E-state index in [0.29, 0.717) is 37.9 Å². The summed E-state index contributed by atoms with van der Waals surface area (Å²) in [5.41, 5.74) is 2.73. The van der Waals surface area contributed by atoms with E-state index in [2.05, 4.69) is 19.3 Å². The normalized spacial score (nSPS) is 20.0. The van der Waals surface area contributed by atoms with Gasteiger partial charge in [0, 0.05) is 42.2 Å². The number of phosphoric ester groups is 1. The topological polar surface area (TPSA) is 277 Å². The highest BCUT2D eigenvalue weighted by Crippen LogP contribution is 2.66. The molecule has 1 heterocycles. The summed E-state index contributed by atoms with van der Waals surface area (Å²) in [7, 11) is -15.4. The Hall–Kier alpha value is -2.13. The van der Waals surface area contributed by atoms with Crippen molar-refractivity contribution < 1.29 is 75.5 Å². The molecule has 4 rings (SSSR count). The second-order valence-electron chi connectivity index (χ2n) is 13.5. The second-order valence-corrected chi connectivity index (χ2v) is 20.9. The third kappa shape index (κ3) is 16.8. The van der Waals surface area contributed by atoms with E-state index in [9.17, 15) is 43.1 Å². The second kappa shape index (κ2) is 21.4. The fourth-order valence-electron chi connectivity index (χ4n) is 5.66. The molecule has 5 atom stereocenters. The molecule has 2 aliphatic rings. The van der Waals surface area contributed by atoms with Crippen LogP contribution < -0.4 is 16.1 Å². The lowest BCUT2D eigenvalue weighted by atomic mass is 9.80. The van der Waals surface area contributed by atoms with Gasteiger partial charge in [-0.1, -0.05) is 82.3 Å². The van der Waals surface area contributed by atoms with Crippen LogP contribution in [0.3, 0.4) is 0 Å². The van der Waals surface area contributed by atoms with Crippen LogP contribution in [0.5, 0.6) is 0 Å². The van der Waals surface area contributed by atoms with Crippen molar-refractivity contribution in [1.29, 1.82) is 0 Å². The first kappa shape index (κ1) is 47.6. The minimum absolute atomic E-state index is 0.101. The van der Waals surface area contributed by atoms with Crippen molar-refractivity contribution in [3.63, 3.8) is 0 Å². The maximum absolute atomic E-state index is 12.5. The van der Waals surface area contributed by atoms with E-state index in [1.54, 1.807) is 0 Å². The Morgan fingerprint density at radius 2 is 1.51 bits per heavy atom. The summed E-state index contributed by atoms with van der Waals surface area (Å²) in [6, 6.07) is 21.1. The highest BCUT2D eigenvalue weighted by Gasteiger charge is 2.48. The van der Waals surface area contributed by atoms with Gasteiger partial charge in [0.25, 0.3) is 5.91 Å². The van der Waals surface area contributed by atoms with E-state index in [0.717, 1.165) is 11.1 Å². The van der Waals surface area contributed by atoms with Crippen LogP contribution in [0.1, 0.15) is 66.9 Å². The number of phosphoric acid groups is 3. The Morgan fingerprint density at radius 3 is 2.12 bits per heavy atom. The number of carbonyl (C=O) groups excluding carboxylic acids is 2. The zero-order valence-electron chi connectivity index (χ0n) is 30.9. The number of fused-ring (bicyclic) bond motifs is 1. The summed E-state index contributed by atoms with van der Waals surface area (Å²) in [5.74, 6) is -0.414. The minimum atomic E-state index is -5.70. The van der Waals surface area contributed by atoms with Crippen molar-refractivity contribution >= 4 is 69.5 Å². The predicted octanol–water partition coefficient (Wildman–Crippen LogP) is 3.66. The van der Waals surface area contributed by atoms with Crippen LogP contribution in [0.15, 0.2) is 72.8 Å². The van der Waals surface area contributed by atoms with Crippen LogP contribution >= 0.6 is 45.1 Å². The SMILES string of the molecule is CC(C)(CNC(=O)CCCCNC(=O)c1ccc(B(O)O)cc1)SSCOC1C[C@H](C2c3ccccccccc32)O[C@@H]1COP(=O)(O)OP(=O)(O)OP(=O)(O)O. The lowest BCUT2D eigenvalue weighted by Crippen LogP contribution is -2.36. The molecule has 1 saturated heterocycles. The van der Waals surface area contributed by atoms with Gasteiger partial charge >= 0.3 is 30.6 Å². The number of nitrogens with one attached hydrogen (secondary N) is 2. The summed E-state index contributed by atoms with van der Waals surface area (Å²) < 4.78 is 59.8. The molecule has 24 heteroatoms. The molecule has 1 fully saturated rings. The molecule has 2 amide bonds. The minimum Gasteiger partial charge on any atom is -0.423 e. The van der Waals surface area contributed by atoms with Crippen LogP contribution in [-0.2, 0) is 41.1 Å². The van der Waals surface area contributed by atoms with E-state index in [-0.39, 0.29) is 35.6 Å². The average molecular weight is 895 g/mol. The molecule has 8 N–H and O–H groups in total. The van der Waals surface area contributed by atoms with E-state index in [4.69, 9.17) is 23.8 Å². The van der Waals surface area contributed by atoms with Gasteiger partial charge in [-0.3, -0.25) is 14.1 Å². The molecule has 0 bridgehead atoms. The molecule has 0 saturated carbocycles. The Bertz CT molecular complexity index is 1860. The number of unbranched alkanes of at least 4 members (excludes halogenated alkanes) is 1. The Balaban J connectivity index is 1.23. The lowest BCUT2D eigenvalue weighted by molar-refractivity contribution is -0.121. The van der Waals surface area contributed by atoms with Gasteiger partial charge in [0.2, 0.25) is 5.91 Å². The maximum Gasteiger partial charge on any atom is 0.490 e. The molecule has 0 spiro atoms. The maximum atomic E-state index is 12.5. The van der Waals surface area contributed by atoms with Gasteiger partial charge < -0.3 is 49.7 Å². The number of rotatable bonds is 22. The summed E-state index contributed by atoms with van der Waals surface area (Å²) in [4.78, 5) is 62.0. The summed E-state index contributed by atoms with van der Waals surface area (Å²) in [6.45, 7) is 3.95. The largest absolute Gasteiger partial charge is 0.490 e. The van der Waals surface area contributed by atoms with Crippen molar-refractivity contribution in [2.24, 2.45) is 0 Å². The molecule has 18 nitrogen and oxygen atoms in total. The van der Waals surface area contributed by atoms with Crippen molar-refractivity contribution in [1.82, 2.24) is 10.6 Å². The van der Waals surface area contributed by atoms with Gasteiger partial charge in [-0.25, -0.2) is 13.7 Å². The molecule has 2 aromatic carbocycles. The number of hydrogen-bond donors (Lipinski definition) is 8. The van der Waals surface area contributed by atoms with Crippen molar-refractivity contribution in [3.8, 4) is 0 Å². The quantitative estimate of drug-likeness (QED) is 0.0275. The zero-order valence-corrected chi connectivity index (χ0v) is 35.2. The Kier molecular flexibility index (Phi) is 17.9. The molecule has 2 aromatic rings. The smallest absolute Gasteiger partial charge is 0.423 e. The number of benzene rings is 1. The predicted molar refractivity (Wildman–Crippen MR) is 213 cm³/mol. The molecular weight excluding hydrogens is 848 g/mol. The van der Waals surface area contributed by atoms with Crippen molar-refractivity contribution in [2.45, 2.75) is 68.5 Å². The number of ether oxygens (including phenoxy) is 2. The molecule has 1 aliphatic carbocycles. The van der Waals surface area contributed by atoms with E-state index in [1.807, 2.05) is 62.4 Å². The molecule has 0 radical (unpaired) electrons. The van der Waals surface area contributed by atoms with Gasteiger partial charge in [0.1, 0.15) is 12.0 Å². The van der Waals surface area contributed by atoms with Crippen molar-refractivity contribution in [2.75, 3.05) is 25.6 Å². The van der Waals surface area contributed by atoms with Crippen molar-refractivity contribution in [3.05, 3.63) is 89.5 Å². The van der Waals surface area contributed by atoms with Crippen LogP contribution in [0, 0.1) is 0 Å². The third-order valence-corrected chi connectivity index (χ3v) is 15.1. The van der Waals surface area contributed by atoms with Gasteiger partial charge in [-0.05, 0) is 55.4 Å². The first-order valence-corrected chi connectivity index (χ1v) is 24.4. The van der Waals surface area contributed by atoms with Gasteiger partial charge in [-0.2, -0.15) is 8.62 Å². The molecule has 1 aliphatic heterocycles. The van der Waals surface area contributed by atoms with E-state index >= 15 is 0 Å². The molecule has 314 valence electrons. The molecule has 0 aromatic heterocycles. The summed E-state index contributed by atoms with van der Waals surface area (Å²) >= 11 is 0. The van der Waals surface area contributed by atoms with Gasteiger partial charge in [0.05, 0.1) is 18.8 Å². The average Bonchev–Trinajstić information content (AvgIpc) is 3.66. The standard InChI is InChI=1S/C33H46BN2O16P3S2/c1-33(2,21-36-30(37)13-9-10-18-35-32(38)23-14-16-24(17-15-23)34(39)40)57-56-22-48-27-19-28(31-25-11-7-5-3-4-6-8-12-26(25)31)50-29(27)20-49-54(44,45)52-55(46,47)51-53(41,42)43/h3-8,11-12,14-17,27-29,31,39-40H,9-10,13,18-22H2,1-2H3,(H,35,38)(H,36,37)(H,44,45)(H,46,47)(H2,41,42,43)/t27?,28-,29-,31?/m1/s1.